The van der Waals surface area contributed by atoms with Crippen LogP contribution >= 0.6 is 0 Å². The molecule has 11 heavy (non-hydrogen) atoms. The highest BCUT2D eigenvalue weighted by Gasteiger charge is 1.96. The van der Waals surface area contributed by atoms with Gasteiger partial charge in [-0.2, -0.15) is 0 Å². The summed E-state index contributed by atoms with van der Waals surface area (Å²) in [5.41, 5.74) is 2.21. The fraction of sp³-hybridized carbons (Fsp3) is 0.222. The highest BCUT2D eigenvalue weighted by Crippen LogP contribution is 2.11. The highest BCUT2D eigenvalue weighted by molar-refractivity contribution is 5.75. The molecule has 0 atom stereocenters. The van der Waals surface area contributed by atoms with Gasteiger partial charge in [-0.15, -0.1) is 0 Å². The lowest BCUT2D eigenvalue weighted by atomic mass is 10.4. The Morgan fingerprint density at radius 1 is 1.55 bits per heavy atom. The molecular formula is C9H9N2. The van der Waals surface area contributed by atoms with Crippen molar-refractivity contribution in [2.24, 2.45) is 0 Å². The minimum Gasteiger partial charge on any atom is -0.346 e. The van der Waals surface area contributed by atoms with Gasteiger partial charge in [-0.25, -0.2) is 4.98 Å². The Balaban J connectivity index is 2.76. The van der Waals surface area contributed by atoms with E-state index in [1.54, 1.807) is 0 Å². The number of hydrogen-bond acceptors (Lipinski definition) is 1. The van der Waals surface area contributed by atoms with Crippen molar-refractivity contribution in [2.45, 2.75) is 13.5 Å². The van der Waals surface area contributed by atoms with E-state index in [0.717, 1.165) is 12.1 Å². The first kappa shape index (κ1) is 6.40. The minimum absolute atomic E-state index is 0.995. The van der Waals surface area contributed by atoms with E-state index in [-0.39, 0.29) is 0 Å². The number of pyridine rings is 1. The van der Waals surface area contributed by atoms with Crippen LogP contribution in [-0.2, 0) is 6.54 Å². The quantitative estimate of drug-likeness (QED) is 0.598. The van der Waals surface area contributed by atoms with E-state index in [1.807, 2.05) is 24.4 Å². The Labute approximate surface area is 65.5 Å². The van der Waals surface area contributed by atoms with Gasteiger partial charge in [0.1, 0.15) is 0 Å². The van der Waals surface area contributed by atoms with Gasteiger partial charge >= 0.3 is 0 Å². The normalized spacial score (nSPS) is 10.6. The highest BCUT2D eigenvalue weighted by atomic mass is 15.0. The first-order chi connectivity index (χ1) is 5.42. The zero-order chi connectivity index (χ0) is 7.68. The lowest BCUT2D eigenvalue weighted by Gasteiger charge is -1.97. The Morgan fingerprint density at radius 3 is 3.27 bits per heavy atom. The van der Waals surface area contributed by atoms with E-state index in [2.05, 4.69) is 22.7 Å². The average molecular weight is 145 g/mol. The van der Waals surface area contributed by atoms with E-state index in [4.69, 9.17) is 0 Å². The molecule has 2 rings (SSSR count). The number of hydrogen-bond donors (Lipinski definition) is 0. The zero-order valence-electron chi connectivity index (χ0n) is 6.41. The number of aromatic nitrogens is 2. The maximum atomic E-state index is 4.10. The molecular weight excluding hydrogens is 136 g/mol. The van der Waals surface area contributed by atoms with Crippen LogP contribution in [0.2, 0.25) is 0 Å². The molecule has 2 heteroatoms. The molecule has 1 radical (unpaired) electrons. The van der Waals surface area contributed by atoms with Crippen molar-refractivity contribution in [3.05, 3.63) is 30.6 Å². The summed E-state index contributed by atoms with van der Waals surface area (Å²) in [7, 11) is 0. The standard InChI is InChI=1S/C9H9N2/c1-2-11-7-5-8-9(11)4-3-6-10-8/h3-5,7H,2H2,1H3. The monoisotopic (exact) mass is 145 g/mol. The Kier molecular flexibility index (Phi) is 1.39. The maximum Gasteiger partial charge on any atom is 0.0895 e. The Hall–Kier alpha value is -1.31. The first-order valence-electron chi connectivity index (χ1n) is 3.74. The van der Waals surface area contributed by atoms with Crippen LogP contribution in [0.1, 0.15) is 6.92 Å². The molecule has 0 spiro atoms. The van der Waals surface area contributed by atoms with E-state index in [9.17, 15) is 0 Å². The zero-order valence-corrected chi connectivity index (χ0v) is 6.41. The average Bonchev–Trinajstić information content (AvgIpc) is 2.47. The second-order valence-electron chi connectivity index (χ2n) is 2.45. The molecule has 2 aromatic heterocycles. The summed E-state index contributed by atoms with van der Waals surface area (Å²) in [6, 6.07) is 5.88. The first-order valence-corrected chi connectivity index (χ1v) is 3.74. The molecule has 0 aliphatic heterocycles. The van der Waals surface area contributed by atoms with Gasteiger partial charge in [0.25, 0.3) is 0 Å². The van der Waals surface area contributed by atoms with E-state index in [1.165, 1.54) is 5.52 Å². The summed E-state index contributed by atoms with van der Waals surface area (Å²) in [6.45, 7) is 3.12. The topological polar surface area (TPSA) is 17.8 Å². The molecule has 0 aromatic carbocycles. The van der Waals surface area contributed by atoms with E-state index < -0.39 is 0 Å². The molecule has 2 nitrogen and oxygen atoms in total. The predicted molar refractivity (Wildman–Crippen MR) is 44.2 cm³/mol. The number of aryl methyl sites for hydroxylation is 1. The summed E-state index contributed by atoms with van der Waals surface area (Å²) >= 11 is 0. The van der Waals surface area contributed by atoms with Gasteiger partial charge in [0, 0.05) is 12.7 Å². The fourth-order valence-corrected chi connectivity index (χ4v) is 1.25. The van der Waals surface area contributed by atoms with Crippen molar-refractivity contribution in [3.63, 3.8) is 0 Å². The second kappa shape index (κ2) is 2.38. The van der Waals surface area contributed by atoms with Crippen molar-refractivity contribution >= 4 is 11.0 Å². The number of nitrogens with zero attached hydrogens (tertiary/aromatic N) is 2. The van der Waals surface area contributed by atoms with Crippen LogP contribution in [0.4, 0.5) is 0 Å². The van der Waals surface area contributed by atoms with Gasteiger partial charge in [-0.1, -0.05) is 0 Å². The fourth-order valence-electron chi connectivity index (χ4n) is 1.25. The molecule has 2 aromatic rings. The molecule has 55 valence electrons. The summed E-state index contributed by atoms with van der Waals surface area (Å²) in [6.07, 6.45) is 4.86. The van der Waals surface area contributed by atoms with Gasteiger partial charge in [0.2, 0.25) is 0 Å². The largest absolute Gasteiger partial charge is 0.346 e. The molecule has 0 unspecified atom stereocenters. The van der Waals surface area contributed by atoms with Gasteiger partial charge in [0.05, 0.1) is 17.2 Å². The lowest BCUT2D eigenvalue weighted by Crippen LogP contribution is -1.90. The van der Waals surface area contributed by atoms with Crippen LogP contribution in [0.3, 0.4) is 0 Å². The third-order valence-electron chi connectivity index (χ3n) is 1.83. The predicted octanol–water partition coefficient (Wildman–Crippen LogP) is 1.86. The van der Waals surface area contributed by atoms with E-state index >= 15 is 0 Å². The van der Waals surface area contributed by atoms with Crippen molar-refractivity contribution < 1.29 is 0 Å². The van der Waals surface area contributed by atoms with Gasteiger partial charge < -0.3 is 4.57 Å². The maximum absolute atomic E-state index is 4.10. The van der Waals surface area contributed by atoms with Crippen molar-refractivity contribution in [1.82, 2.24) is 9.55 Å². The molecule has 0 fully saturated rings. The summed E-state index contributed by atoms with van der Waals surface area (Å²) < 4.78 is 2.16. The summed E-state index contributed by atoms with van der Waals surface area (Å²) in [5.74, 6) is 0. The molecule has 0 saturated heterocycles. The van der Waals surface area contributed by atoms with Crippen LogP contribution in [0.25, 0.3) is 11.0 Å². The van der Waals surface area contributed by atoms with Crippen LogP contribution in [0, 0.1) is 6.20 Å². The van der Waals surface area contributed by atoms with Crippen LogP contribution in [0.15, 0.2) is 24.4 Å². The van der Waals surface area contributed by atoms with Gasteiger partial charge in [-0.05, 0) is 25.1 Å². The van der Waals surface area contributed by atoms with Crippen molar-refractivity contribution in [1.29, 1.82) is 0 Å². The third kappa shape index (κ3) is 0.909. The van der Waals surface area contributed by atoms with Crippen LogP contribution in [0.5, 0.6) is 0 Å². The lowest BCUT2D eigenvalue weighted by molar-refractivity contribution is 0.797. The van der Waals surface area contributed by atoms with Gasteiger partial charge in [0.15, 0.2) is 0 Å². The third-order valence-corrected chi connectivity index (χ3v) is 1.83. The van der Waals surface area contributed by atoms with Crippen molar-refractivity contribution in [3.8, 4) is 0 Å². The van der Waals surface area contributed by atoms with E-state index in [0.29, 0.717) is 0 Å². The number of rotatable bonds is 1. The molecule has 0 bridgehead atoms. The molecule has 0 saturated carbocycles. The molecule has 0 amide bonds. The SMILES string of the molecule is CCn1ccc2n[c]ccc21. The van der Waals surface area contributed by atoms with Crippen LogP contribution < -0.4 is 0 Å². The Bertz CT molecular complexity index is 362. The summed E-state index contributed by atoms with van der Waals surface area (Å²) in [4.78, 5) is 4.10. The summed E-state index contributed by atoms with van der Waals surface area (Å²) in [5, 5.41) is 0. The van der Waals surface area contributed by atoms with Crippen molar-refractivity contribution in [2.75, 3.05) is 0 Å². The number of fused-ring (bicyclic) bond motifs is 1. The smallest absolute Gasteiger partial charge is 0.0895 e. The van der Waals surface area contributed by atoms with Crippen LogP contribution in [-0.4, -0.2) is 9.55 Å². The molecule has 0 N–H and O–H groups in total. The second-order valence-corrected chi connectivity index (χ2v) is 2.45. The molecule has 0 aliphatic carbocycles. The molecule has 0 aliphatic rings. The minimum atomic E-state index is 0.995. The Morgan fingerprint density at radius 2 is 2.45 bits per heavy atom. The molecule has 2 heterocycles. The van der Waals surface area contributed by atoms with Gasteiger partial charge in [-0.3, -0.25) is 0 Å².